The van der Waals surface area contributed by atoms with Gasteiger partial charge in [-0.2, -0.15) is 0 Å². The molecular weight excluding hydrogens is 243 g/mol. The number of fused-ring (bicyclic) bond motifs is 2. The van der Waals surface area contributed by atoms with Crippen molar-refractivity contribution in [3.05, 3.63) is 35.1 Å². The third kappa shape index (κ3) is 1.73. The normalized spacial score (nSPS) is 34.9. The van der Waals surface area contributed by atoms with Crippen LogP contribution in [0.15, 0.2) is 12.1 Å². The molecule has 2 nitrogen and oxygen atoms in total. The molecule has 3 rings (SSSR count). The van der Waals surface area contributed by atoms with Crippen molar-refractivity contribution in [2.75, 3.05) is 0 Å². The standard InChI is InChI=1S/C13H14F3NO/c14-9-3-4-10(15)12(16)11(9)13(18)5-7-1-2-8(6-13)17-7/h3-4,7-8,17-18H,1-2,5-6H2. The predicted molar refractivity (Wildman–Crippen MR) is 59.4 cm³/mol. The van der Waals surface area contributed by atoms with E-state index >= 15 is 0 Å². The molecular formula is C13H14F3NO. The van der Waals surface area contributed by atoms with Crippen LogP contribution < -0.4 is 5.32 Å². The van der Waals surface area contributed by atoms with Crippen LogP contribution >= 0.6 is 0 Å². The van der Waals surface area contributed by atoms with Crippen LogP contribution in [0.3, 0.4) is 0 Å². The highest BCUT2D eigenvalue weighted by atomic mass is 19.2. The van der Waals surface area contributed by atoms with Crippen LogP contribution in [0.1, 0.15) is 31.2 Å². The number of rotatable bonds is 1. The third-order valence-corrected chi connectivity index (χ3v) is 4.01. The lowest BCUT2D eigenvalue weighted by atomic mass is 9.81. The largest absolute Gasteiger partial charge is 0.385 e. The van der Waals surface area contributed by atoms with Crippen LogP contribution in [0, 0.1) is 17.5 Å². The van der Waals surface area contributed by atoms with E-state index in [4.69, 9.17) is 0 Å². The van der Waals surface area contributed by atoms with Crippen molar-refractivity contribution in [2.45, 2.75) is 43.4 Å². The fourth-order valence-corrected chi connectivity index (χ4v) is 3.28. The first-order chi connectivity index (χ1) is 8.49. The lowest BCUT2D eigenvalue weighted by Gasteiger charge is -2.37. The zero-order valence-electron chi connectivity index (χ0n) is 9.72. The number of aliphatic hydroxyl groups is 1. The molecule has 5 heteroatoms. The molecule has 2 unspecified atom stereocenters. The van der Waals surface area contributed by atoms with E-state index in [0.717, 1.165) is 25.0 Å². The highest BCUT2D eigenvalue weighted by Gasteiger charge is 2.46. The van der Waals surface area contributed by atoms with Crippen molar-refractivity contribution in [3.8, 4) is 0 Å². The molecule has 0 amide bonds. The maximum absolute atomic E-state index is 13.8. The molecule has 1 aromatic carbocycles. The van der Waals surface area contributed by atoms with Gasteiger partial charge in [0, 0.05) is 12.1 Å². The lowest BCUT2D eigenvalue weighted by molar-refractivity contribution is -0.0180. The number of benzene rings is 1. The van der Waals surface area contributed by atoms with Crippen LogP contribution in [-0.2, 0) is 5.60 Å². The van der Waals surface area contributed by atoms with Gasteiger partial charge in [0.05, 0.1) is 11.2 Å². The molecule has 2 aliphatic heterocycles. The number of hydrogen-bond acceptors (Lipinski definition) is 2. The zero-order chi connectivity index (χ0) is 12.9. The summed E-state index contributed by atoms with van der Waals surface area (Å²) in [6, 6.07) is 1.72. The molecule has 0 radical (unpaired) electrons. The van der Waals surface area contributed by atoms with Crippen LogP contribution in [0.4, 0.5) is 13.2 Å². The predicted octanol–water partition coefficient (Wildman–Crippen LogP) is 2.21. The van der Waals surface area contributed by atoms with E-state index in [2.05, 4.69) is 5.32 Å². The summed E-state index contributed by atoms with van der Waals surface area (Å²) in [4.78, 5) is 0. The second-order valence-corrected chi connectivity index (χ2v) is 5.30. The van der Waals surface area contributed by atoms with E-state index in [1.165, 1.54) is 0 Å². The van der Waals surface area contributed by atoms with Crippen molar-refractivity contribution in [3.63, 3.8) is 0 Å². The van der Waals surface area contributed by atoms with E-state index in [9.17, 15) is 18.3 Å². The van der Waals surface area contributed by atoms with Gasteiger partial charge in [-0.05, 0) is 37.8 Å². The molecule has 0 saturated carbocycles. The molecule has 18 heavy (non-hydrogen) atoms. The van der Waals surface area contributed by atoms with Crippen molar-refractivity contribution in [1.29, 1.82) is 0 Å². The highest BCUT2D eigenvalue weighted by Crippen LogP contribution is 2.42. The smallest absolute Gasteiger partial charge is 0.167 e. The van der Waals surface area contributed by atoms with E-state index < -0.39 is 28.6 Å². The Hall–Kier alpha value is -1.07. The Labute approximate surface area is 103 Å². The summed E-state index contributed by atoms with van der Waals surface area (Å²) in [6.45, 7) is 0. The minimum atomic E-state index is -1.60. The minimum absolute atomic E-state index is 0.0517. The summed E-state index contributed by atoms with van der Waals surface area (Å²) < 4.78 is 40.7. The van der Waals surface area contributed by atoms with E-state index in [-0.39, 0.29) is 24.9 Å². The van der Waals surface area contributed by atoms with E-state index in [0.29, 0.717) is 0 Å². The molecule has 2 heterocycles. The van der Waals surface area contributed by atoms with Gasteiger partial charge >= 0.3 is 0 Å². The minimum Gasteiger partial charge on any atom is -0.385 e. The molecule has 0 spiro atoms. The summed E-state index contributed by atoms with van der Waals surface area (Å²) in [7, 11) is 0. The maximum Gasteiger partial charge on any atom is 0.167 e. The third-order valence-electron chi connectivity index (χ3n) is 4.01. The topological polar surface area (TPSA) is 32.3 Å². The van der Waals surface area contributed by atoms with Crippen LogP contribution in [0.2, 0.25) is 0 Å². The number of nitrogens with one attached hydrogen (secondary N) is 1. The molecule has 1 aromatic rings. The van der Waals surface area contributed by atoms with Gasteiger partial charge in [0.1, 0.15) is 5.82 Å². The van der Waals surface area contributed by atoms with Crippen molar-refractivity contribution in [2.24, 2.45) is 0 Å². The van der Waals surface area contributed by atoms with Crippen molar-refractivity contribution >= 4 is 0 Å². The molecule has 2 bridgehead atoms. The monoisotopic (exact) mass is 257 g/mol. The molecule has 0 aliphatic carbocycles. The van der Waals surface area contributed by atoms with Gasteiger partial charge in [0.15, 0.2) is 11.6 Å². The van der Waals surface area contributed by atoms with Gasteiger partial charge in [-0.15, -0.1) is 0 Å². The summed E-state index contributed by atoms with van der Waals surface area (Å²) in [5.74, 6) is -3.26. The first-order valence-electron chi connectivity index (χ1n) is 6.12. The van der Waals surface area contributed by atoms with Gasteiger partial charge in [-0.3, -0.25) is 0 Å². The Kier molecular flexibility index (Phi) is 2.64. The van der Waals surface area contributed by atoms with Crippen molar-refractivity contribution < 1.29 is 18.3 Å². The highest BCUT2D eigenvalue weighted by molar-refractivity contribution is 5.29. The lowest BCUT2D eigenvalue weighted by Crippen LogP contribution is -2.47. The molecule has 2 saturated heterocycles. The van der Waals surface area contributed by atoms with Gasteiger partial charge in [0.2, 0.25) is 0 Å². The molecule has 2 N–H and O–H groups in total. The molecule has 2 atom stereocenters. The fourth-order valence-electron chi connectivity index (χ4n) is 3.28. The fraction of sp³-hybridized carbons (Fsp3) is 0.538. The molecule has 0 aromatic heterocycles. The second kappa shape index (κ2) is 3.96. The Morgan fingerprint density at radius 2 is 1.61 bits per heavy atom. The second-order valence-electron chi connectivity index (χ2n) is 5.30. The Morgan fingerprint density at radius 1 is 1.06 bits per heavy atom. The zero-order valence-corrected chi connectivity index (χ0v) is 9.72. The van der Waals surface area contributed by atoms with Crippen LogP contribution in [0.5, 0.6) is 0 Å². The average Bonchev–Trinajstić information content (AvgIpc) is 2.64. The van der Waals surface area contributed by atoms with Gasteiger partial charge < -0.3 is 10.4 Å². The first kappa shape index (κ1) is 12.0. The summed E-state index contributed by atoms with van der Waals surface area (Å²) in [5, 5.41) is 13.8. The molecule has 2 aliphatic rings. The average molecular weight is 257 g/mol. The van der Waals surface area contributed by atoms with E-state index in [1.54, 1.807) is 0 Å². The molecule has 98 valence electrons. The Bertz CT molecular complexity index is 479. The summed E-state index contributed by atoms with van der Waals surface area (Å²) in [5.41, 5.74) is -2.12. The number of piperidine rings is 1. The SMILES string of the molecule is OC1(c2c(F)ccc(F)c2F)CC2CCC(C1)N2. The van der Waals surface area contributed by atoms with Gasteiger partial charge in [-0.1, -0.05) is 0 Å². The quantitative estimate of drug-likeness (QED) is 0.756. The number of halogens is 3. The Balaban J connectivity index is 2.06. The Morgan fingerprint density at radius 3 is 2.22 bits per heavy atom. The first-order valence-corrected chi connectivity index (χ1v) is 6.12. The maximum atomic E-state index is 13.8. The summed E-state index contributed by atoms with van der Waals surface area (Å²) >= 11 is 0. The van der Waals surface area contributed by atoms with E-state index in [1.807, 2.05) is 0 Å². The van der Waals surface area contributed by atoms with Gasteiger partial charge in [-0.25, -0.2) is 13.2 Å². The van der Waals surface area contributed by atoms with Crippen LogP contribution in [0.25, 0.3) is 0 Å². The van der Waals surface area contributed by atoms with Crippen molar-refractivity contribution in [1.82, 2.24) is 5.32 Å². The number of hydrogen-bond donors (Lipinski definition) is 2. The summed E-state index contributed by atoms with van der Waals surface area (Å²) in [6.07, 6.45) is 2.21. The molecule has 2 fully saturated rings. The van der Waals surface area contributed by atoms with Crippen LogP contribution in [-0.4, -0.2) is 17.2 Å². The van der Waals surface area contributed by atoms with Gasteiger partial charge in [0.25, 0.3) is 0 Å².